The van der Waals surface area contributed by atoms with Gasteiger partial charge in [-0.25, -0.2) is 14.5 Å². The summed E-state index contributed by atoms with van der Waals surface area (Å²) in [6.45, 7) is -0.106. The molecule has 4 aromatic rings. The minimum Gasteiger partial charge on any atom is -0.756 e. The Morgan fingerprint density at radius 2 is 2.06 bits per heavy atom. The predicted molar refractivity (Wildman–Crippen MR) is 121 cm³/mol. The summed E-state index contributed by atoms with van der Waals surface area (Å²) in [6, 6.07) is 12.5. The molecule has 0 amide bonds. The minimum absolute atomic E-state index is 0.183. The molecule has 4 aromatic heterocycles. The Hall–Kier alpha value is -3.15. The highest BCUT2D eigenvalue weighted by Crippen LogP contribution is 2.30. The van der Waals surface area contributed by atoms with Gasteiger partial charge in [0.25, 0.3) is 13.6 Å². The van der Waals surface area contributed by atoms with Gasteiger partial charge in [0, 0.05) is 30.9 Å². The molecule has 0 spiro atoms. The summed E-state index contributed by atoms with van der Waals surface area (Å²) in [5, 5.41) is 4.08. The maximum absolute atomic E-state index is 10.8. The fourth-order valence-corrected chi connectivity index (χ4v) is 3.72. The summed E-state index contributed by atoms with van der Waals surface area (Å²) < 4.78 is 28.4. The number of pyridine rings is 3. The third-order valence-corrected chi connectivity index (χ3v) is 5.53. The smallest absolute Gasteiger partial charge is 0.285 e. The number of aromatic nitrogens is 4. The quantitative estimate of drug-likeness (QED) is 0.181. The second-order valence-corrected chi connectivity index (χ2v) is 9.15. The molecule has 0 radical (unpaired) electrons. The van der Waals surface area contributed by atoms with E-state index in [1.807, 2.05) is 18.2 Å². The van der Waals surface area contributed by atoms with Crippen molar-refractivity contribution in [3.8, 4) is 17.2 Å². The number of halogens is 1. The molecule has 0 aromatic carbocycles. The normalized spacial score (nSPS) is 12.9. The molecule has 1 atom stereocenters. The van der Waals surface area contributed by atoms with Gasteiger partial charge in [-0.1, -0.05) is 11.2 Å². The van der Waals surface area contributed by atoms with Crippen molar-refractivity contribution in [3.05, 3.63) is 82.5 Å². The topological polar surface area (TPSA) is 161 Å². The number of nitrogen functional groups attached to an aromatic ring is 1. The molecule has 0 aliphatic carbocycles. The Morgan fingerprint density at radius 3 is 2.79 bits per heavy atom. The number of hydrogen-bond acceptors (Lipinski definition) is 9. The van der Waals surface area contributed by atoms with Crippen molar-refractivity contribution in [1.29, 1.82) is 0 Å². The van der Waals surface area contributed by atoms with Crippen LogP contribution in [0.25, 0.3) is 11.3 Å². The summed E-state index contributed by atoms with van der Waals surface area (Å²) in [7, 11) is -4.88. The second-order valence-electron chi connectivity index (χ2n) is 7.14. The molecule has 13 heteroatoms. The van der Waals surface area contributed by atoms with E-state index in [1.165, 1.54) is 10.8 Å². The Morgan fingerprint density at radius 1 is 1.21 bits per heavy atom. The maximum atomic E-state index is 10.8. The minimum atomic E-state index is -4.88. The van der Waals surface area contributed by atoms with Crippen molar-refractivity contribution >= 4 is 29.6 Å². The lowest BCUT2D eigenvalue weighted by Gasteiger charge is -2.14. The zero-order valence-corrected chi connectivity index (χ0v) is 20.1. The monoisotopic (exact) mass is 547 g/mol. The van der Waals surface area contributed by atoms with E-state index in [9.17, 15) is 9.46 Å². The van der Waals surface area contributed by atoms with E-state index >= 15 is 0 Å². The second kappa shape index (κ2) is 10.4. The summed E-state index contributed by atoms with van der Waals surface area (Å²) >= 11 is 3.33. The SMILES string of the molecule is Nc1c(-c2cc(Cc3ccc(OCc4ccnc(Br)c4)nc3)no2)ccc[n+]1COP(=O)([O-])O. The molecule has 4 rings (SSSR count). The zero-order chi connectivity index (χ0) is 24.1. The lowest BCUT2D eigenvalue weighted by Crippen LogP contribution is -2.38. The van der Waals surface area contributed by atoms with Crippen LogP contribution in [0.3, 0.4) is 0 Å². The Labute approximate surface area is 202 Å². The fourth-order valence-electron chi connectivity index (χ4n) is 3.04. The van der Waals surface area contributed by atoms with Crippen LogP contribution in [-0.2, 0) is 28.8 Å². The van der Waals surface area contributed by atoms with E-state index < -0.39 is 14.6 Å². The van der Waals surface area contributed by atoms with Crippen LogP contribution in [0, 0.1) is 0 Å². The van der Waals surface area contributed by atoms with E-state index in [1.54, 1.807) is 36.7 Å². The molecule has 0 fully saturated rings. The van der Waals surface area contributed by atoms with Crippen molar-refractivity contribution in [3.63, 3.8) is 0 Å². The van der Waals surface area contributed by atoms with Crippen LogP contribution in [-0.4, -0.2) is 20.0 Å². The molecule has 4 heterocycles. The van der Waals surface area contributed by atoms with Gasteiger partial charge >= 0.3 is 0 Å². The van der Waals surface area contributed by atoms with Crippen LogP contribution >= 0.6 is 23.8 Å². The van der Waals surface area contributed by atoms with Gasteiger partial charge in [-0.15, -0.1) is 0 Å². The summed E-state index contributed by atoms with van der Waals surface area (Å²) in [5.74, 6) is 1.07. The predicted octanol–water partition coefficient (Wildman–Crippen LogP) is 2.37. The first-order valence-electron chi connectivity index (χ1n) is 9.87. The van der Waals surface area contributed by atoms with E-state index in [-0.39, 0.29) is 5.82 Å². The fraction of sp³-hybridized carbons (Fsp3) is 0.143. The van der Waals surface area contributed by atoms with Crippen molar-refractivity contribution in [1.82, 2.24) is 15.1 Å². The molecule has 0 aliphatic rings. The highest BCUT2D eigenvalue weighted by Gasteiger charge is 2.18. The summed E-state index contributed by atoms with van der Waals surface area (Å²) in [4.78, 5) is 28.0. The number of phosphoric acid groups is 1. The molecule has 0 aliphatic heterocycles. The van der Waals surface area contributed by atoms with Gasteiger partial charge < -0.3 is 19.0 Å². The Balaban J connectivity index is 1.40. The first-order chi connectivity index (χ1) is 16.3. The van der Waals surface area contributed by atoms with Crippen LogP contribution in [0.5, 0.6) is 5.88 Å². The number of rotatable bonds is 9. The number of anilines is 1. The average molecular weight is 548 g/mol. The van der Waals surface area contributed by atoms with Gasteiger partial charge in [0.1, 0.15) is 16.8 Å². The van der Waals surface area contributed by atoms with Crippen LogP contribution in [0.15, 0.2) is 70.2 Å². The van der Waals surface area contributed by atoms with Crippen molar-refractivity contribution in [2.45, 2.75) is 19.8 Å². The van der Waals surface area contributed by atoms with E-state index in [2.05, 4.69) is 35.6 Å². The molecule has 0 saturated heterocycles. The van der Waals surface area contributed by atoms with Crippen LogP contribution in [0.2, 0.25) is 0 Å². The molecule has 176 valence electrons. The zero-order valence-electron chi connectivity index (χ0n) is 17.6. The van der Waals surface area contributed by atoms with E-state index in [4.69, 9.17) is 19.9 Å². The Bertz CT molecular complexity index is 1330. The highest BCUT2D eigenvalue weighted by atomic mass is 79.9. The van der Waals surface area contributed by atoms with E-state index in [0.29, 0.717) is 35.9 Å². The molecule has 11 nitrogen and oxygen atoms in total. The van der Waals surface area contributed by atoms with Gasteiger partial charge in [-0.05, 0) is 51.3 Å². The number of nitrogens with two attached hydrogens (primary N) is 1. The van der Waals surface area contributed by atoms with Crippen molar-refractivity contribution in [2.75, 3.05) is 5.73 Å². The lowest BCUT2D eigenvalue weighted by atomic mass is 10.1. The standard InChI is InChI=1S/C21H19BrN5O6P/c22-19-9-15(5-6-24-19)12-31-20-4-3-14(11-25-20)8-16-10-18(33-26-16)17-2-1-7-27(21(17)23)13-32-34(28,29)30/h1-7,9-11,23H,8,12-13H2,(H2,28,29,30). The average Bonchev–Trinajstić information content (AvgIpc) is 3.25. The highest BCUT2D eigenvalue weighted by molar-refractivity contribution is 9.10. The first-order valence-corrected chi connectivity index (χ1v) is 12.2. The van der Waals surface area contributed by atoms with Crippen molar-refractivity contribution < 1.29 is 32.7 Å². The molecular formula is C21H19BrN5O6P. The largest absolute Gasteiger partial charge is 0.756 e. The van der Waals surface area contributed by atoms with Gasteiger partial charge in [0.05, 0.1) is 11.9 Å². The molecule has 3 N–H and O–H groups in total. The van der Waals surface area contributed by atoms with Gasteiger partial charge in [-0.2, -0.15) is 0 Å². The molecule has 34 heavy (non-hydrogen) atoms. The van der Waals surface area contributed by atoms with Gasteiger partial charge in [-0.3, -0.25) is 14.8 Å². The number of hydrogen-bond donors (Lipinski definition) is 2. The number of phosphoric ester groups is 1. The van der Waals surface area contributed by atoms with Gasteiger partial charge in [0.2, 0.25) is 5.88 Å². The first kappa shape index (κ1) is 24.0. The van der Waals surface area contributed by atoms with Crippen molar-refractivity contribution in [2.24, 2.45) is 0 Å². The lowest BCUT2D eigenvalue weighted by molar-refractivity contribution is -0.712. The molecule has 1 unspecified atom stereocenters. The summed E-state index contributed by atoms with van der Waals surface area (Å²) in [6.07, 6.45) is 5.37. The third kappa shape index (κ3) is 6.46. The molecular weight excluding hydrogens is 529 g/mol. The number of nitrogens with zero attached hydrogens (tertiary/aromatic N) is 4. The third-order valence-electron chi connectivity index (χ3n) is 4.66. The Kier molecular flexibility index (Phi) is 7.35. The molecule has 0 bridgehead atoms. The van der Waals surface area contributed by atoms with E-state index in [0.717, 1.165) is 15.7 Å². The van der Waals surface area contributed by atoms with Gasteiger partial charge in [0.15, 0.2) is 12.5 Å². The molecule has 0 saturated carbocycles. The summed E-state index contributed by atoms with van der Waals surface area (Å²) in [5.41, 5.74) is 9.11. The number of ether oxygens (including phenoxy) is 1. The maximum Gasteiger partial charge on any atom is 0.285 e. The van der Waals surface area contributed by atoms with Crippen LogP contribution < -0.4 is 19.9 Å². The van der Waals surface area contributed by atoms with Crippen LogP contribution in [0.1, 0.15) is 16.8 Å². The van der Waals surface area contributed by atoms with Crippen LogP contribution in [0.4, 0.5) is 5.82 Å².